The summed E-state index contributed by atoms with van der Waals surface area (Å²) in [6.45, 7) is 3.06. The second-order valence-corrected chi connectivity index (χ2v) is 6.63. The lowest BCUT2D eigenvalue weighted by Gasteiger charge is -2.16. The number of aromatic nitrogens is 2. The lowest BCUT2D eigenvalue weighted by molar-refractivity contribution is 0.0929. The highest BCUT2D eigenvalue weighted by Crippen LogP contribution is 2.28. The Bertz CT molecular complexity index is 965. The highest BCUT2D eigenvalue weighted by atomic mass is 16.5. The number of fused-ring (bicyclic) bond motifs is 1. The zero-order valence-electron chi connectivity index (χ0n) is 15.8. The fourth-order valence-electron chi connectivity index (χ4n) is 3.33. The average molecular weight is 381 g/mol. The molecule has 2 N–H and O–H groups in total. The second kappa shape index (κ2) is 8.16. The minimum absolute atomic E-state index is 0.262. The standard InChI is InChI=1S/C20H23N5O3/c1-27-15-6-4-5-14-11-16(28-19(14)15)20(26)22-8-7-21-17-12-18(24-13-23-17)25-9-2-3-10-25/h4-6,11-13H,2-3,7-10H2,1H3,(H,22,26)(H,21,23,24). The predicted octanol–water partition coefficient (Wildman–Crippen LogP) is 2.67. The summed E-state index contributed by atoms with van der Waals surface area (Å²) in [6, 6.07) is 9.20. The third-order valence-electron chi connectivity index (χ3n) is 4.75. The van der Waals surface area contributed by atoms with Crippen LogP contribution in [0.15, 0.2) is 41.1 Å². The molecule has 1 aromatic carbocycles. The van der Waals surface area contributed by atoms with Crippen LogP contribution in [0.2, 0.25) is 0 Å². The summed E-state index contributed by atoms with van der Waals surface area (Å²) < 4.78 is 10.9. The van der Waals surface area contributed by atoms with Crippen LogP contribution in [-0.4, -0.2) is 49.2 Å². The average Bonchev–Trinajstić information content (AvgIpc) is 3.41. The summed E-state index contributed by atoms with van der Waals surface area (Å²) in [5.41, 5.74) is 0.573. The normalized spacial score (nSPS) is 13.7. The highest BCUT2D eigenvalue weighted by Gasteiger charge is 2.15. The number of nitrogens with zero attached hydrogens (tertiary/aromatic N) is 3. The van der Waals surface area contributed by atoms with Gasteiger partial charge in [0.25, 0.3) is 5.91 Å². The predicted molar refractivity (Wildman–Crippen MR) is 107 cm³/mol. The number of hydrogen-bond acceptors (Lipinski definition) is 7. The summed E-state index contributed by atoms with van der Waals surface area (Å²) in [6.07, 6.45) is 3.97. The fraction of sp³-hybridized carbons (Fsp3) is 0.350. The number of benzene rings is 1. The molecule has 1 aliphatic rings. The minimum atomic E-state index is -0.263. The minimum Gasteiger partial charge on any atom is -0.493 e. The van der Waals surface area contributed by atoms with Gasteiger partial charge in [-0.1, -0.05) is 12.1 Å². The van der Waals surface area contributed by atoms with E-state index >= 15 is 0 Å². The number of amides is 1. The smallest absolute Gasteiger partial charge is 0.287 e. The van der Waals surface area contributed by atoms with Crippen molar-refractivity contribution >= 4 is 28.5 Å². The molecule has 0 bridgehead atoms. The summed E-state index contributed by atoms with van der Waals surface area (Å²) in [4.78, 5) is 23.2. The van der Waals surface area contributed by atoms with Crippen LogP contribution in [0.4, 0.5) is 11.6 Å². The summed E-state index contributed by atoms with van der Waals surface area (Å²) >= 11 is 0. The van der Waals surface area contributed by atoms with E-state index in [-0.39, 0.29) is 11.7 Å². The van der Waals surface area contributed by atoms with Crippen LogP contribution in [0, 0.1) is 0 Å². The summed E-state index contributed by atoms with van der Waals surface area (Å²) in [5.74, 6) is 2.30. The summed E-state index contributed by atoms with van der Waals surface area (Å²) in [7, 11) is 1.57. The van der Waals surface area contributed by atoms with E-state index in [1.54, 1.807) is 25.6 Å². The largest absolute Gasteiger partial charge is 0.493 e. The molecule has 1 saturated heterocycles. The molecule has 3 aromatic rings. The van der Waals surface area contributed by atoms with Crippen LogP contribution in [0.5, 0.6) is 5.75 Å². The van der Waals surface area contributed by atoms with Crippen molar-refractivity contribution in [3.8, 4) is 5.75 Å². The fourth-order valence-corrected chi connectivity index (χ4v) is 3.33. The molecular formula is C20H23N5O3. The van der Waals surface area contributed by atoms with E-state index < -0.39 is 0 Å². The van der Waals surface area contributed by atoms with Gasteiger partial charge in [0.1, 0.15) is 18.0 Å². The Labute approximate surface area is 162 Å². The molecule has 0 spiro atoms. The van der Waals surface area contributed by atoms with Crippen molar-refractivity contribution in [1.82, 2.24) is 15.3 Å². The maximum Gasteiger partial charge on any atom is 0.287 e. The van der Waals surface area contributed by atoms with Gasteiger partial charge >= 0.3 is 0 Å². The number of anilines is 2. The molecule has 28 heavy (non-hydrogen) atoms. The SMILES string of the molecule is COc1cccc2cc(C(=O)NCCNc3cc(N4CCCC4)ncn3)oc12. The molecule has 0 aliphatic carbocycles. The van der Waals surface area contributed by atoms with E-state index in [1.807, 2.05) is 18.2 Å². The van der Waals surface area contributed by atoms with Gasteiger partial charge in [-0.05, 0) is 25.0 Å². The third kappa shape index (κ3) is 3.85. The van der Waals surface area contributed by atoms with Gasteiger partial charge in [0, 0.05) is 37.6 Å². The Kier molecular flexibility index (Phi) is 5.27. The first-order valence-corrected chi connectivity index (χ1v) is 9.40. The van der Waals surface area contributed by atoms with Crippen molar-refractivity contribution < 1.29 is 13.9 Å². The highest BCUT2D eigenvalue weighted by molar-refractivity contribution is 5.97. The number of hydrogen-bond donors (Lipinski definition) is 2. The van der Waals surface area contributed by atoms with Gasteiger partial charge in [-0.25, -0.2) is 9.97 Å². The quantitative estimate of drug-likeness (QED) is 0.608. The van der Waals surface area contributed by atoms with Crippen LogP contribution in [-0.2, 0) is 0 Å². The molecule has 0 unspecified atom stereocenters. The Morgan fingerprint density at radius 3 is 2.89 bits per heavy atom. The molecule has 0 atom stereocenters. The molecule has 3 heterocycles. The van der Waals surface area contributed by atoms with Crippen LogP contribution in [0.3, 0.4) is 0 Å². The third-order valence-corrected chi connectivity index (χ3v) is 4.75. The Morgan fingerprint density at radius 2 is 2.07 bits per heavy atom. The van der Waals surface area contributed by atoms with E-state index in [0.717, 1.165) is 30.1 Å². The molecular weight excluding hydrogens is 358 g/mol. The number of ether oxygens (including phenoxy) is 1. The number of furan rings is 1. The number of carbonyl (C=O) groups is 1. The van der Waals surface area contributed by atoms with Crippen LogP contribution >= 0.6 is 0 Å². The number of methoxy groups -OCH3 is 1. The second-order valence-electron chi connectivity index (χ2n) is 6.63. The molecule has 0 radical (unpaired) electrons. The maximum absolute atomic E-state index is 12.3. The zero-order valence-corrected chi connectivity index (χ0v) is 15.8. The molecule has 8 heteroatoms. The first-order chi connectivity index (χ1) is 13.7. The monoisotopic (exact) mass is 381 g/mol. The van der Waals surface area contributed by atoms with E-state index in [2.05, 4.69) is 25.5 Å². The van der Waals surface area contributed by atoms with Gasteiger partial charge in [0.05, 0.1) is 7.11 Å². The molecule has 1 aliphatic heterocycles. The lowest BCUT2D eigenvalue weighted by atomic mass is 10.2. The van der Waals surface area contributed by atoms with Crippen LogP contribution in [0.25, 0.3) is 11.0 Å². The van der Waals surface area contributed by atoms with Crippen molar-refractivity contribution in [2.75, 3.05) is 43.5 Å². The Hall–Kier alpha value is -3.29. The van der Waals surface area contributed by atoms with E-state index in [1.165, 1.54) is 12.8 Å². The van der Waals surface area contributed by atoms with E-state index in [4.69, 9.17) is 9.15 Å². The molecule has 1 fully saturated rings. The summed E-state index contributed by atoms with van der Waals surface area (Å²) in [5, 5.41) is 6.90. The van der Waals surface area contributed by atoms with Crippen LogP contribution < -0.4 is 20.3 Å². The zero-order chi connectivity index (χ0) is 19.3. The van der Waals surface area contributed by atoms with Gasteiger partial charge in [-0.15, -0.1) is 0 Å². The van der Waals surface area contributed by atoms with E-state index in [9.17, 15) is 4.79 Å². The molecule has 8 nitrogen and oxygen atoms in total. The van der Waals surface area contributed by atoms with Crippen molar-refractivity contribution in [3.63, 3.8) is 0 Å². The van der Waals surface area contributed by atoms with Crippen molar-refractivity contribution in [3.05, 3.63) is 42.4 Å². The van der Waals surface area contributed by atoms with Crippen molar-refractivity contribution in [1.29, 1.82) is 0 Å². The number of nitrogens with one attached hydrogen (secondary N) is 2. The molecule has 0 saturated carbocycles. The lowest BCUT2D eigenvalue weighted by Crippen LogP contribution is -2.28. The number of rotatable bonds is 7. The maximum atomic E-state index is 12.3. The van der Waals surface area contributed by atoms with Crippen LogP contribution in [0.1, 0.15) is 23.4 Å². The molecule has 4 rings (SSSR count). The van der Waals surface area contributed by atoms with Gasteiger partial charge in [0.2, 0.25) is 0 Å². The first-order valence-electron chi connectivity index (χ1n) is 9.40. The molecule has 2 aromatic heterocycles. The van der Waals surface area contributed by atoms with Gasteiger partial charge in [-0.3, -0.25) is 4.79 Å². The number of para-hydroxylation sites is 1. The van der Waals surface area contributed by atoms with Gasteiger partial charge in [-0.2, -0.15) is 0 Å². The first kappa shape index (κ1) is 18.1. The Balaban J connectivity index is 1.30. The number of carbonyl (C=O) groups excluding carboxylic acids is 1. The molecule has 146 valence electrons. The van der Waals surface area contributed by atoms with E-state index in [0.29, 0.717) is 24.4 Å². The van der Waals surface area contributed by atoms with Gasteiger partial charge < -0.3 is 24.7 Å². The van der Waals surface area contributed by atoms with Gasteiger partial charge in [0.15, 0.2) is 17.1 Å². The van der Waals surface area contributed by atoms with Crippen molar-refractivity contribution in [2.45, 2.75) is 12.8 Å². The Morgan fingerprint density at radius 1 is 1.21 bits per heavy atom. The van der Waals surface area contributed by atoms with Crippen molar-refractivity contribution in [2.24, 2.45) is 0 Å². The topological polar surface area (TPSA) is 92.5 Å². The molecule has 1 amide bonds.